The first-order chi connectivity index (χ1) is 11.0. The molecule has 1 amide bonds. The number of hydrogen-bond acceptors (Lipinski definition) is 4. The predicted molar refractivity (Wildman–Crippen MR) is 96.6 cm³/mol. The lowest BCUT2D eigenvalue weighted by molar-refractivity contribution is -0.121. The summed E-state index contributed by atoms with van der Waals surface area (Å²) < 4.78 is 25.8. The van der Waals surface area contributed by atoms with Gasteiger partial charge in [-0.1, -0.05) is 12.1 Å². The minimum atomic E-state index is -3.45. The standard InChI is InChI=1S/C16H25N3O3S.ClH/c1-17-23(21,22)15-4-2-3-14(11-15)12-19-16(20)6-5-13-7-9-18-10-8-13;/h2-4,11,13,17-18H,5-10,12H2,1H3,(H,19,20);1H. The van der Waals surface area contributed by atoms with Crippen LogP contribution in [0.2, 0.25) is 0 Å². The molecule has 24 heavy (non-hydrogen) atoms. The third-order valence-corrected chi connectivity index (χ3v) is 5.62. The lowest BCUT2D eigenvalue weighted by Crippen LogP contribution is -2.29. The molecule has 0 unspecified atom stereocenters. The van der Waals surface area contributed by atoms with Crippen LogP contribution in [0.5, 0.6) is 0 Å². The van der Waals surface area contributed by atoms with Gasteiger partial charge in [0.05, 0.1) is 4.90 Å². The average Bonchev–Trinajstić information content (AvgIpc) is 2.59. The lowest BCUT2D eigenvalue weighted by Gasteiger charge is -2.22. The van der Waals surface area contributed by atoms with E-state index >= 15 is 0 Å². The fourth-order valence-corrected chi connectivity index (χ4v) is 3.54. The zero-order valence-corrected chi connectivity index (χ0v) is 15.5. The average molecular weight is 376 g/mol. The van der Waals surface area contributed by atoms with Gasteiger partial charge in [0, 0.05) is 13.0 Å². The third-order valence-electron chi connectivity index (χ3n) is 4.21. The molecular weight excluding hydrogens is 350 g/mol. The first kappa shape index (κ1) is 20.9. The van der Waals surface area contributed by atoms with E-state index in [0.717, 1.165) is 37.9 Å². The second-order valence-electron chi connectivity index (χ2n) is 5.86. The first-order valence-electron chi connectivity index (χ1n) is 8.01. The maximum Gasteiger partial charge on any atom is 0.240 e. The van der Waals surface area contributed by atoms with Crippen LogP contribution in [0.4, 0.5) is 0 Å². The van der Waals surface area contributed by atoms with Gasteiger partial charge in [-0.25, -0.2) is 13.1 Å². The monoisotopic (exact) mass is 375 g/mol. The molecule has 6 nitrogen and oxygen atoms in total. The van der Waals surface area contributed by atoms with Crippen LogP contribution in [0.3, 0.4) is 0 Å². The van der Waals surface area contributed by atoms with E-state index in [1.807, 2.05) is 6.07 Å². The maximum atomic E-state index is 11.9. The molecule has 0 aromatic heterocycles. The quantitative estimate of drug-likeness (QED) is 0.672. The summed E-state index contributed by atoms with van der Waals surface area (Å²) in [4.78, 5) is 12.1. The predicted octanol–water partition coefficient (Wildman–Crippen LogP) is 1.41. The molecule has 0 aliphatic carbocycles. The molecule has 0 radical (unpaired) electrons. The Hall–Kier alpha value is -1.15. The molecule has 0 atom stereocenters. The highest BCUT2D eigenvalue weighted by atomic mass is 35.5. The number of sulfonamides is 1. The topological polar surface area (TPSA) is 87.3 Å². The molecule has 8 heteroatoms. The minimum Gasteiger partial charge on any atom is -0.352 e. The van der Waals surface area contributed by atoms with Crippen molar-refractivity contribution in [2.45, 2.75) is 37.1 Å². The Kier molecular flexibility index (Phi) is 8.69. The summed E-state index contributed by atoms with van der Waals surface area (Å²) in [6, 6.07) is 6.61. The van der Waals surface area contributed by atoms with E-state index < -0.39 is 10.0 Å². The molecule has 3 N–H and O–H groups in total. The number of amides is 1. The van der Waals surface area contributed by atoms with Gasteiger partial charge in [-0.2, -0.15) is 0 Å². The Morgan fingerprint density at radius 1 is 1.29 bits per heavy atom. The largest absolute Gasteiger partial charge is 0.352 e. The normalized spacial score (nSPS) is 15.5. The fraction of sp³-hybridized carbons (Fsp3) is 0.562. The van der Waals surface area contributed by atoms with Gasteiger partial charge in [0.2, 0.25) is 15.9 Å². The number of hydrogen-bond donors (Lipinski definition) is 3. The summed E-state index contributed by atoms with van der Waals surface area (Å²) in [5.74, 6) is 0.650. The Bertz CT molecular complexity index is 631. The van der Waals surface area contributed by atoms with Gasteiger partial charge in [0.1, 0.15) is 0 Å². The zero-order valence-electron chi connectivity index (χ0n) is 13.9. The van der Waals surface area contributed by atoms with Crippen molar-refractivity contribution in [3.8, 4) is 0 Å². The number of benzene rings is 1. The zero-order chi connectivity index (χ0) is 16.7. The molecule has 2 rings (SSSR count). The van der Waals surface area contributed by atoms with Crippen LogP contribution in [0.25, 0.3) is 0 Å². The van der Waals surface area contributed by atoms with Gasteiger partial charge in [-0.15, -0.1) is 12.4 Å². The molecule has 1 aliphatic heterocycles. The molecular formula is C16H26ClN3O3S. The van der Waals surface area contributed by atoms with E-state index in [1.165, 1.54) is 13.1 Å². The summed E-state index contributed by atoms with van der Waals surface area (Å²) in [5.41, 5.74) is 0.775. The van der Waals surface area contributed by atoms with Gasteiger partial charge < -0.3 is 10.6 Å². The molecule has 1 aliphatic rings. The second kappa shape index (κ2) is 9.98. The Labute approximate surface area is 150 Å². The van der Waals surface area contributed by atoms with Crippen molar-refractivity contribution in [2.24, 2.45) is 5.92 Å². The van der Waals surface area contributed by atoms with E-state index in [2.05, 4.69) is 15.4 Å². The van der Waals surface area contributed by atoms with Crippen molar-refractivity contribution < 1.29 is 13.2 Å². The number of halogens is 1. The highest BCUT2D eigenvalue weighted by Crippen LogP contribution is 2.17. The number of rotatable bonds is 7. The number of carbonyl (C=O) groups is 1. The van der Waals surface area contributed by atoms with Crippen molar-refractivity contribution in [3.05, 3.63) is 29.8 Å². The molecule has 136 valence electrons. The van der Waals surface area contributed by atoms with Crippen LogP contribution >= 0.6 is 12.4 Å². The third kappa shape index (κ3) is 6.39. The van der Waals surface area contributed by atoms with Gasteiger partial charge >= 0.3 is 0 Å². The molecule has 0 saturated carbocycles. The smallest absolute Gasteiger partial charge is 0.240 e. The van der Waals surface area contributed by atoms with Gasteiger partial charge in [0.15, 0.2) is 0 Å². The van der Waals surface area contributed by atoms with Gasteiger partial charge in [0.25, 0.3) is 0 Å². The Balaban J connectivity index is 0.00000288. The van der Waals surface area contributed by atoms with Crippen molar-refractivity contribution in [3.63, 3.8) is 0 Å². The van der Waals surface area contributed by atoms with Gasteiger partial charge in [-0.3, -0.25) is 4.79 Å². The molecule has 1 aromatic rings. The number of carbonyl (C=O) groups excluding carboxylic acids is 1. The van der Waals surface area contributed by atoms with Crippen LogP contribution in [0, 0.1) is 5.92 Å². The summed E-state index contributed by atoms with van der Waals surface area (Å²) in [7, 11) is -2.07. The Morgan fingerprint density at radius 3 is 2.67 bits per heavy atom. The van der Waals surface area contributed by atoms with E-state index in [-0.39, 0.29) is 23.2 Å². The lowest BCUT2D eigenvalue weighted by atomic mass is 9.93. The Morgan fingerprint density at radius 2 is 2.00 bits per heavy atom. The summed E-state index contributed by atoms with van der Waals surface area (Å²) in [6.07, 6.45) is 3.72. The van der Waals surface area contributed by atoms with Crippen molar-refractivity contribution in [1.29, 1.82) is 0 Å². The molecule has 0 bridgehead atoms. The maximum absolute atomic E-state index is 11.9. The van der Waals surface area contributed by atoms with Crippen LogP contribution in [-0.4, -0.2) is 34.5 Å². The molecule has 1 saturated heterocycles. The van der Waals surface area contributed by atoms with E-state index in [4.69, 9.17) is 0 Å². The SMILES string of the molecule is CNS(=O)(=O)c1cccc(CNC(=O)CCC2CCNCC2)c1.Cl. The van der Waals surface area contributed by atoms with E-state index in [9.17, 15) is 13.2 Å². The molecule has 1 heterocycles. The van der Waals surface area contributed by atoms with Crippen LogP contribution in [0.15, 0.2) is 29.2 Å². The fourth-order valence-electron chi connectivity index (χ4n) is 2.74. The minimum absolute atomic E-state index is 0. The summed E-state index contributed by atoms with van der Waals surface area (Å²) >= 11 is 0. The molecule has 1 fully saturated rings. The van der Waals surface area contributed by atoms with Crippen molar-refractivity contribution in [2.75, 3.05) is 20.1 Å². The first-order valence-corrected chi connectivity index (χ1v) is 9.49. The van der Waals surface area contributed by atoms with Crippen LogP contribution in [0.1, 0.15) is 31.2 Å². The second-order valence-corrected chi connectivity index (χ2v) is 7.75. The van der Waals surface area contributed by atoms with Crippen LogP contribution < -0.4 is 15.4 Å². The summed E-state index contributed by atoms with van der Waals surface area (Å²) in [6.45, 7) is 2.43. The van der Waals surface area contributed by atoms with Crippen molar-refractivity contribution in [1.82, 2.24) is 15.4 Å². The molecule has 0 spiro atoms. The van der Waals surface area contributed by atoms with Crippen molar-refractivity contribution >= 4 is 28.3 Å². The molecule has 1 aromatic carbocycles. The summed E-state index contributed by atoms with van der Waals surface area (Å²) in [5, 5.41) is 6.18. The van der Waals surface area contributed by atoms with E-state index in [1.54, 1.807) is 12.1 Å². The highest BCUT2D eigenvalue weighted by molar-refractivity contribution is 7.89. The van der Waals surface area contributed by atoms with Crippen LogP contribution in [-0.2, 0) is 21.4 Å². The number of nitrogens with one attached hydrogen (secondary N) is 3. The van der Waals surface area contributed by atoms with E-state index in [0.29, 0.717) is 18.9 Å². The number of piperidine rings is 1. The van der Waals surface area contributed by atoms with Gasteiger partial charge in [-0.05, 0) is 63.0 Å². The highest BCUT2D eigenvalue weighted by Gasteiger charge is 2.15.